The Labute approximate surface area is 97.2 Å². The monoisotopic (exact) mass is 218 g/mol. The molecule has 0 aliphatic carbocycles. The SMILES string of the molecule is CCO/C=C/c1ccc(/C=C/OCC)cc1. The normalized spacial score (nSPS) is 11.1. The van der Waals surface area contributed by atoms with Gasteiger partial charge in [-0.2, -0.15) is 0 Å². The van der Waals surface area contributed by atoms with E-state index in [0.29, 0.717) is 13.2 Å². The Bertz CT molecular complexity index is 301. The lowest BCUT2D eigenvalue weighted by Gasteiger charge is -1.97. The maximum absolute atomic E-state index is 5.13. The van der Waals surface area contributed by atoms with Crippen LogP contribution in [0.2, 0.25) is 0 Å². The topological polar surface area (TPSA) is 18.5 Å². The number of hydrogen-bond donors (Lipinski definition) is 0. The lowest BCUT2D eigenvalue weighted by Crippen LogP contribution is -1.79. The van der Waals surface area contributed by atoms with Crippen LogP contribution in [-0.2, 0) is 9.47 Å². The molecule has 0 aliphatic heterocycles. The van der Waals surface area contributed by atoms with Gasteiger partial charge in [-0.3, -0.25) is 0 Å². The summed E-state index contributed by atoms with van der Waals surface area (Å²) in [6, 6.07) is 8.17. The first-order chi connectivity index (χ1) is 7.86. The average molecular weight is 218 g/mol. The lowest BCUT2D eigenvalue weighted by molar-refractivity contribution is 0.272. The standard InChI is InChI=1S/C14H18O2/c1-3-15-11-9-13-5-7-14(8-6-13)10-12-16-4-2/h5-12H,3-4H2,1-2H3/b11-9+,12-10+. The summed E-state index contributed by atoms with van der Waals surface area (Å²) in [5.41, 5.74) is 2.25. The van der Waals surface area contributed by atoms with E-state index in [4.69, 9.17) is 9.47 Å². The highest BCUT2D eigenvalue weighted by atomic mass is 16.5. The van der Waals surface area contributed by atoms with Crippen molar-refractivity contribution in [2.24, 2.45) is 0 Å². The highest BCUT2D eigenvalue weighted by Gasteiger charge is 1.88. The largest absolute Gasteiger partial charge is 0.501 e. The molecule has 0 aromatic heterocycles. The van der Waals surface area contributed by atoms with E-state index in [9.17, 15) is 0 Å². The van der Waals surface area contributed by atoms with Crippen molar-refractivity contribution in [2.45, 2.75) is 13.8 Å². The van der Waals surface area contributed by atoms with Gasteiger partial charge >= 0.3 is 0 Å². The molecule has 1 aromatic carbocycles. The van der Waals surface area contributed by atoms with Crippen LogP contribution in [0.4, 0.5) is 0 Å². The van der Waals surface area contributed by atoms with Crippen molar-refractivity contribution in [3.05, 3.63) is 47.9 Å². The molecule has 0 bridgehead atoms. The number of benzene rings is 1. The number of rotatable bonds is 6. The van der Waals surface area contributed by atoms with Crippen molar-refractivity contribution < 1.29 is 9.47 Å². The Morgan fingerprint density at radius 1 is 0.812 bits per heavy atom. The van der Waals surface area contributed by atoms with Crippen LogP contribution >= 0.6 is 0 Å². The maximum Gasteiger partial charge on any atom is 0.0845 e. The summed E-state index contributed by atoms with van der Waals surface area (Å²) in [5.74, 6) is 0. The second-order valence-electron chi connectivity index (χ2n) is 3.18. The molecule has 0 radical (unpaired) electrons. The minimum Gasteiger partial charge on any atom is -0.501 e. The van der Waals surface area contributed by atoms with Gasteiger partial charge in [0, 0.05) is 0 Å². The lowest BCUT2D eigenvalue weighted by atomic mass is 10.1. The molecule has 0 saturated heterocycles. The van der Waals surface area contributed by atoms with Crippen molar-refractivity contribution in [1.29, 1.82) is 0 Å². The predicted octanol–water partition coefficient (Wildman–Crippen LogP) is 3.70. The van der Waals surface area contributed by atoms with Crippen LogP contribution in [0.1, 0.15) is 25.0 Å². The third-order valence-corrected chi connectivity index (χ3v) is 1.98. The van der Waals surface area contributed by atoms with E-state index in [-0.39, 0.29) is 0 Å². The molecule has 0 spiro atoms. The number of ether oxygens (including phenoxy) is 2. The van der Waals surface area contributed by atoms with Gasteiger partial charge in [0.2, 0.25) is 0 Å². The summed E-state index contributed by atoms with van der Waals surface area (Å²) in [4.78, 5) is 0. The molecule has 0 saturated carbocycles. The van der Waals surface area contributed by atoms with Crippen LogP contribution in [0.3, 0.4) is 0 Å². The smallest absolute Gasteiger partial charge is 0.0845 e. The van der Waals surface area contributed by atoms with Crippen LogP contribution in [0.25, 0.3) is 12.2 Å². The van der Waals surface area contributed by atoms with E-state index in [0.717, 1.165) is 11.1 Å². The Morgan fingerprint density at radius 3 is 1.50 bits per heavy atom. The Morgan fingerprint density at radius 2 is 1.19 bits per heavy atom. The van der Waals surface area contributed by atoms with E-state index in [2.05, 4.69) is 0 Å². The van der Waals surface area contributed by atoms with E-state index < -0.39 is 0 Å². The Hall–Kier alpha value is -1.70. The molecule has 16 heavy (non-hydrogen) atoms. The fraction of sp³-hybridized carbons (Fsp3) is 0.286. The maximum atomic E-state index is 5.13. The zero-order chi connectivity index (χ0) is 11.6. The second-order valence-corrected chi connectivity index (χ2v) is 3.18. The van der Waals surface area contributed by atoms with Crippen LogP contribution in [0.5, 0.6) is 0 Å². The Kier molecular flexibility index (Phi) is 5.86. The minimum atomic E-state index is 0.700. The summed E-state index contributed by atoms with van der Waals surface area (Å²) >= 11 is 0. The molecule has 0 unspecified atom stereocenters. The molecule has 0 amide bonds. The molecule has 0 aliphatic rings. The van der Waals surface area contributed by atoms with Gasteiger partial charge in [0.1, 0.15) is 0 Å². The molecule has 0 N–H and O–H groups in total. The van der Waals surface area contributed by atoms with E-state index in [1.807, 2.05) is 50.3 Å². The van der Waals surface area contributed by atoms with Gasteiger partial charge in [0.25, 0.3) is 0 Å². The minimum absolute atomic E-state index is 0.700. The van der Waals surface area contributed by atoms with Crippen molar-refractivity contribution in [1.82, 2.24) is 0 Å². The first-order valence-corrected chi connectivity index (χ1v) is 5.53. The quantitative estimate of drug-likeness (QED) is 0.678. The molecule has 0 fully saturated rings. The summed E-state index contributed by atoms with van der Waals surface area (Å²) in [6.07, 6.45) is 7.31. The summed E-state index contributed by atoms with van der Waals surface area (Å²) in [5, 5.41) is 0. The average Bonchev–Trinajstić information content (AvgIpc) is 2.32. The third-order valence-electron chi connectivity index (χ3n) is 1.98. The first-order valence-electron chi connectivity index (χ1n) is 5.53. The van der Waals surface area contributed by atoms with Crippen molar-refractivity contribution in [3.63, 3.8) is 0 Å². The molecule has 1 aromatic rings. The van der Waals surface area contributed by atoms with Crippen LogP contribution in [0, 0.1) is 0 Å². The van der Waals surface area contributed by atoms with Crippen molar-refractivity contribution >= 4 is 12.2 Å². The van der Waals surface area contributed by atoms with Gasteiger partial charge in [0.05, 0.1) is 25.7 Å². The molecule has 2 heteroatoms. The Balaban J connectivity index is 2.54. The zero-order valence-corrected chi connectivity index (χ0v) is 9.85. The predicted molar refractivity (Wildman–Crippen MR) is 67.8 cm³/mol. The highest BCUT2D eigenvalue weighted by molar-refractivity contribution is 5.54. The molecule has 2 nitrogen and oxygen atoms in total. The summed E-state index contributed by atoms with van der Waals surface area (Å²) in [7, 11) is 0. The molecular formula is C14H18O2. The fourth-order valence-corrected chi connectivity index (χ4v) is 1.16. The van der Waals surface area contributed by atoms with Gasteiger partial charge in [-0.15, -0.1) is 0 Å². The van der Waals surface area contributed by atoms with Crippen molar-refractivity contribution in [2.75, 3.05) is 13.2 Å². The highest BCUT2D eigenvalue weighted by Crippen LogP contribution is 2.07. The van der Waals surface area contributed by atoms with Crippen molar-refractivity contribution in [3.8, 4) is 0 Å². The number of hydrogen-bond acceptors (Lipinski definition) is 2. The van der Waals surface area contributed by atoms with Gasteiger partial charge in [-0.05, 0) is 37.1 Å². The van der Waals surface area contributed by atoms with E-state index >= 15 is 0 Å². The van der Waals surface area contributed by atoms with Gasteiger partial charge in [0.15, 0.2) is 0 Å². The molecule has 0 atom stereocenters. The summed E-state index contributed by atoms with van der Waals surface area (Å²) < 4.78 is 10.3. The third kappa shape index (κ3) is 4.69. The van der Waals surface area contributed by atoms with Gasteiger partial charge < -0.3 is 9.47 Å². The molecule has 0 heterocycles. The van der Waals surface area contributed by atoms with Gasteiger partial charge in [-0.1, -0.05) is 24.3 Å². The molecule has 86 valence electrons. The van der Waals surface area contributed by atoms with Gasteiger partial charge in [-0.25, -0.2) is 0 Å². The molecular weight excluding hydrogens is 200 g/mol. The zero-order valence-electron chi connectivity index (χ0n) is 9.85. The molecule has 1 rings (SSSR count). The van der Waals surface area contributed by atoms with E-state index in [1.54, 1.807) is 12.5 Å². The fourth-order valence-electron chi connectivity index (χ4n) is 1.16. The van der Waals surface area contributed by atoms with Crippen LogP contribution < -0.4 is 0 Å². The first kappa shape index (κ1) is 12.4. The van der Waals surface area contributed by atoms with E-state index in [1.165, 1.54) is 0 Å². The van der Waals surface area contributed by atoms with Crippen LogP contribution in [-0.4, -0.2) is 13.2 Å². The van der Waals surface area contributed by atoms with Crippen LogP contribution in [0.15, 0.2) is 36.8 Å². The second kappa shape index (κ2) is 7.57. The summed E-state index contributed by atoms with van der Waals surface area (Å²) in [6.45, 7) is 5.33.